The molecule has 2 atom stereocenters. The van der Waals surface area contributed by atoms with E-state index in [0.717, 1.165) is 0 Å². The summed E-state index contributed by atoms with van der Waals surface area (Å²) in [6.45, 7) is 0. The first kappa shape index (κ1) is 15.9. The van der Waals surface area contributed by atoms with E-state index in [1.807, 2.05) is 0 Å². The summed E-state index contributed by atoms with van der Waals surface area (Å²) in [7, 11) is -3.00. The van der Waals surface area contributed by atoms with Crippen LogP contribution in [-0.4, -0.2) is 47.5 Å². The van der Waals surface area contributed by atoms with Crippen molar-refractivity contribution in [2.24, 2.45) is 0 Å². The largest absolute Gasteiger partial charge is 0.348 e. The van der Waals surface area contributed by atoms with Crippen molar-refractivity contribution >= 4 is 55.1 Å². The molecule has 0 heterocycles. The Balaban J connectivity index is -0.0000000400. The van der Waals surface area contributed by atoms with Gasteiger partial charge < -0.3 is 9.79 Å². The van der Waals surface area contributed by atoms with Crippen molar-refractivity contribution in [3.8, 4) is 0 Å². The van der Waals surface area contributed by atoms with Gasteiger partial charge in [0, 0.05) is 37.7 Å². The molecule has 7 heavy (non-hydrogen) atoms. The summed E-state index contributed by atoms with van der Waals surface area (Å²) in [5.41, 5.74) is 0. The molecular weight excluding hydrogens is 166 g/mol. The van der Waals surface area contributed by atoms with Crippen molar-refractivity contribution in [2.45, 2.75) is 0 Å². The first-order chi connectivity index (χ1) is 2.83. The number of rotatable bonds is 0. The van der Waals surface area contributed by atoms with Crippen molar-refractivity contribution in [1.29, 1.82) is 0 Å². The van der Waals surface area contributed by atoms with Gasteiger partial charge in [0.25, 0.3) is 0 Å². The normalized spacial score (nSPS) is 8.29. The Kier molecular flexibility index (Phi) is 57.6. The van der Waals surface area contributed by atoms with Crippen LogP contribution in [0.15, 0.2) is 0 Å². The van der Waals surface area contributed by atoms with E-state index in [9.17, 15) is 0 Å². The molecule has 2 N–H and O–H groups in total. The van der Waals surface area contributed by atoms with Crippen LogP contribution in [0.1, 0.15) is 0 Å². The second kappa shape index (κ2) is 25.4. The van der Waals surface area contributed by atoms with Crippen LogP contribution in [0.4, 0.5) is 0 Å². The van der Waals surface area contributed by atoms with Gasteiger partial charge in [-0.25, -0.2) is 0 Å². The number of hydrogen-bond acceptors (Lipinski definition) is 2. The van der Waals surface area contributed by atoms with E-state index >= 15 is 0 Å². The maximum Gasteiger partial charge on any atom is 0.177 e. The second-order valence-electron chi connectivity index (χ2n) is 0.211. The van der Waals surface area contributed by atoms with Gasteiger partial charge in [0.1, 0.15) is 0 Å². The summed E-state index contributed by atoms with van der Waals surface area (Å²) in [4.78, 5) is 14.2. The zero-order valence-electron chi connectivity index (χ0n) is 3.57. The zero-order chi connectivity index (χ0) is 5.41. The van der Waals surface area contributed by atoms with Crippen molar-refractivity contribution in [3.05, 3.63) is 0 Å². The standard InChI is InChI=1S/Ca.2H3O2P/c;2*1-3-2/h;2*3H2,(H,1,2). The first-order valence-corrected chi connectivity index (χ1v) is 2.96. The van der Waals surface area contributed by atoms with E-state index < -0.39 is 17.4 Å². The summed E-state index contributed by atoms with van der Waals surface area (Å²) in [6, 6.07) is 0. The molecule has 0 fully saturated rings. The molecule has 0 amide bonds. The molecular formula is H6CaO4P2. The average molecular weight is 172 g/mol. The molecule has 2 unspecified atom stereocenters. The van der Waals surface area contributed by atoms with Gasteiger partial charge in [0.05, 0.1) is 0 Å². The van der Waals surface area contributed by atoms with Gasteiger partial charge in [-0.1, -0.05) is 0 Å². The fourth-order valence-corrected chi connectivity index (χ4v) is 0. The molecule has 0 rings (SSSR count). The topological polar surface area (TPSA) is 74.6 Å². The summed E-state index contributed by atoms with van der Waals surface area (Å²) in [5, 5.41) is 0. The van der Waals surface area contributed by atoms with E-state index in [1.54, 1.807) is 0 Å². The molecule has 42 valence electrons. The predicted octanol–water partition coefficient (Wildman–Crippen LogP) is -1.08. The first-order valence-electron chi connectivity index (χ1n) is 0.988. The van der Waals surface area contributed by atoms with Crippen LogP contribution in [0.2, 0.25) is 0 Å². The molecule has 0 bridgehead atoms. The minimum absolute atomic E-state index is 0. The molecule has 0 aromatic rings. The van der Waals surface area contributed by atoms with Gasteiger partial charge >= 0.3 is 0 Å². The third-order valence-electron chi connectivity index (χ3n) is 0. The van der Waals surface area contributed by atoms with E-state index in [4.69, 9.17) is 18.9 Å². The smallest absolute Gasteiger partial charge is 0.177 e. The van der Waals surface area contributed by atoms with Gasteiger partial charge in [0.15, 0.2) is 17.4 Å². The van der Waals surface area contributed by atoms with Crippen molar-refractivity contribution < 1.29 is 18.9 Å². The van der Waals surface area contributed by atoms with Crippen LogP contribution < -0.4 is 0 Å². The molecule has 7 heteroatoms. The fourth-order valence-electron chi connectivity index (χ4n) is 0. The van der Waals surface area contributed by atoms with Crippen LogP contribution in [0.5, 0.6) is 0 Å². The molecule has 0 aromatic carbocycles. The van der Waals surface area contributed by atoms with Crippen LogP contribution in [0.25, 0.3) is 0 Å². The van der Waals surface area contributed by atoms with E-state index in [0.29, 0.717) is 0 Å². The molecule has 0 aromatic heterocycles. The Hall–Kier alpha value is 1.64. The van der Waals surface area contributed by atoms with Crippen molar-refractivity contribution in [2.75, 3.05) is 0 Å². The number of hydrogen-bond donors (Lipinski definition) is 2. The molecule has 0 saturated carbocycles. The molecule has 0 saturated heterocycles. The monoisotopic (exact) mass is 172 g/mol. The fraction of sp³-hybridized carbons (Fsp3) is 0. The van der Waals surface area contributed by atoms with Crippen LogP contribution in [-0.2, 0) is 9.13 Å². The quantitative estimate of drug-likeness (QED) is 0.360. The Labute approximate surface area is 73.5 Å². The average Bonchev–Trinajstić information content (AvgIpc) is 1.39. The summed E-state index contributed by atoms with van der Waals surface area (Å²) in [6.07, 6.45) is 0. The zero-order valence-corrected chi connectivity index (χ0v) is 8.09. The molecule has 0 spiro atoms. The SMILES string of the molecule is O=[PH2]O.O=[PH2]O.[Ca]. The summed E-state index contributed by atoms with van der Waals surface area (Å²) in [5.74, 6) is 0. The minimum Gasteiger partial charge on any atom is -0.348 e. The predicted molar refractivity (Wildman–Crippen MR) is 31.0 cm³/mol. The van der Waals surface area contributed by atoms with E-state index in [-0.39, 0.29) is 37.7 Å². The van der Waals surface area contributed by atoms with Crippen LogP contribution in [0, 0.1) is 0 Å². The van der Waals surface area contributed by atoms with Gasteiger partial charge in [-0.05, 0) is 0 Å². The van der Waals surface area contributed by atoms with Crippen LogP contribution in [0.3, 0.4) is 0 Å². The van der Waals surface area contributed by atoms with Crippen LogP contribution >= 0.6 is 17.4 Å². The molecule has 0 aliphatic heterocycles. The van der Waals surface area contributed by atoms with E-state index in [1.165, 1.54) is 0 Å². The van der Waals surface area contributed by atoms with Gasteiger partial charge in [-0.3, -0.25) is 9.13 Å². The molecule has 0 aliphatic rings. The Morgan fingerprint density at radius 2 is 1.00 bits per heavy atom. The summed E-state index contributed by atoms with van der Waals surface area (Å²) < 4.78 is 17.1. The third-order valence-corrected chi connectivity index (χ3v) is 0. The molecule has 4 nitrogen and oxygen atoms in total. The maximum atomic E-state index is 8.57. The van der Waals surface area contributed by atoms with Gasteiger partial charge in [0.2, 0.25) is 0 Å². The van der Waals surface area contributed by atoms with Crippen molar-refractivity contribution in [3.63, 3.8) is 0 Å². The van der Waals surface area contributed by atoms with Crippen molar-refractivity contribution in [1.82, 2.24) is 0 Å². The third kappa shape index (κ3) is 90.4. The van der Waals surface area contributed by atoms with Gasteiger partial charge in [-0.15, -0.1) is 0 Å². The minimum atomic E-state index is -1.50. The maximum absolute atomic E-state index is 8.57. The Morgan fingerprint density at radius 1 is 1.00 bits per heavy atom. The summed E-state index contributed by atoms with van der Waals surface area (Å²) >= 11 is 0. The molecule has 0 aliphatic carbocycles. The van der Waals surface area contributed by atoms with E-state index in [2.05, 4.69) is 0 Å². The Morgan fingerprint density at radius 3 is 1.00 bits per heavy atom. The second-order valence-corrected chi connectivity index (χ2v) is 0.632. The Bertz CT molecular complexity index is 30.7. The van der Waals surface area contributed by atoms with Gasteiger partial charge in [-0.2, -0.15) is 0 Å². The molecule has 2 radical (unpaired) electrons.